The van der Waals surface area contributed by atoms with Gasteiger partial charge in [0.05, 0.1) is 4.90 Å². The van der Waals surface area contributed by atoms with Crippen molar-refractivity contribution in [2.75, 3.05) is 0 Å². The molecule has 182 valence electrons. The Morgan fingerprint density at radius 3 is 2.06 bits per heavy atom. The maximum atomic E-state index is 13.7. The van der Waals surface area contributed by atoms with Crippen LogP contribution < -0.4 is 5.48 Å². The zero-order valence-corrected chi connectivity index (χ0v) is 21.7. The molecule has 0 saturated heterocycles. The largest absolute Gasteiger partial charge is 0.320 e. The summed E-state index contributed by atoms with van der Waals surface area (Å²) < 4.78 is 34.2. The van der Waals surface area contributed by atoms with Crippen LogP contribution in [-0.4, -0.2) is 38.8 Å². The van der Waals surface area contributed by atoms with Crippen molar-refractivity contribution in [3.63, 3.8) is 0 Å². The summed E-state index contributed by atoms with van der Waals surface area (Å²) in [4.78, 5) is 25.8. The van der Waals surface area contributed by atoms with Gasteiger partial charge in [0.25, 0.3) is 5.91 Å². The number of nitrogens with one attached hydrogen (secondary N) is 1. The molecule has 4 rings (SSSR count). The molecule has 1 N–H and O–H groups in total. The number of ketones is 1. The molecule has 0 spiro atoms. The number of hydroxylamine groups is 1. The molecule has 1 atom stereocenters. The highest BCUT2D eigenvalue weighted by atomic mass is 32.2. The van der Waals surface area contributed by atoms with Gasteiger partial charge in [0.1, 0.15) is 6.04 Å². The number of nitrogens with zero attached hydrogens (tertiary/aromatic N) is 1. The fourth-order valence-electron chi connectivity index (χ4n) is 3.92. The smallest absolute Gasteiger partial charge is 0.261 e. The third-order valence-electron chi connectivity index (χ3n) is 5.72. The lowest BCUT2D eigenvalue weighted by atomic mass is 9.95. The lowest BCUT2D eigenvalue weighted by Gasteiger charge is -2.35. The van der Waals surface area contributed by atoms with Gasteiger partial charge in [-0.2, -0.15) is 4.31 Å². The maximum Gasteiger partial charge on any atom is 0.261 e. The zero-order chi connectivity index (χ0) is 25.2. The first-order valence-electron chi connectivity index (χ1n) is 11.3. The molecule has 0 aliphatic carbocycles. The summed E-state index contributed by atoms with van der Waals surface area (Å²) >= 11 is 0. The van der Waals surface area contributed by atoms with E-state index >= 15 is 0 Å². The second-order valence-electron chi connectivity index (χ2n) is 9.44. The van der Waals surface area contributed by atoms with Gasteiger partial charge in [-0.25, -0.2) is 13.9 Å². The van der Waals surface area contributed by atoms with Gasteiger partial charge >= 0.3 is 0 Å². The summed E-state index contributed by atoms with van der Waals surface area (Å²) in [7, 11) is -6.11. The predicted molar refractivity (Wildman–Crippen MR) is 136 cm³/mol. The van der Waals surface area contributed by atoms with Crippen LogP contribution in [0.5, 0.6) is 0 Å². The van der Waals surface area contributed by atoms with Crippen LogP contribution in [0, 0.1) is 0 Å². The van der Waals surface area contributed by atoms with Crippen LogP contribution in [0.3, 0.4) is 0 Å². The molecule has 0 fully saturated rings. The lowest BCUT2D eigenvalue weighted by molar-refractivity contribution is -0.132. The summed E-state index contributed by atoms with van der Waals surface area (Å²) in [5.41, 5.74) is 5.18. The first kappa shape index (κ1) is 25.0. The quantitative estimate of drug-likeness (QED) is 0.297. The SMILES string of the molecule is C[Si](C)(C)ONC(=O)[C@H]1Cc2ccccc2CN1S(=O)(=O)c1ccc(C(=O)c2ccccc2)cc1. The van der Waals surface area contributed by atoms with E-state index in [0.29, 0.717) is 11.1 Å². The van der Waals surface area contributed by atoms with Crippen LogP contribution in [0.1, 0.15) is 27.0 Å². The average molecular weight is 509 g/mol. The first-order valence-corrected chi connectivity index (χ1v) is 16.2. The second kappa shape index (κ2) is 9.86. The van der Waals surface area contributed by atoms with Gasteiger partial charge in [-0.3, -0.25) is 9.59 Å². The van der Waals surface area contributed by atoms with Crippen LogP contribution in [0.15, 0.2) is 83.8 Å². The van der Waals surface area contributed by atoms with Crippen LogP contribution in [-0.2, 0) is 32.3 Å². The van der Waals surface area contributed by atoms with Gasteiger partial charge in [-0.05, 0) is 61.5 Å². The monoisotopic (exact) mass is 508 g/mol. The molecule has 7 nitrogen and oxygen atoms in total. The maximum absolute atomic E-state index is 13.7. The Hall–Kier alpha value is -3.11. The normalized spacial score (nSPS) is 16.4. The molecular formula is C26H28N2O5SSi. The molecule has 1 heterocycles. The van der Waals surface area contributed by atoms with Gasteiger partial charge in [-0.1, -0.05) is 54.6 Å². The highest BCUT2D eigenvalue weighted by molar-refractivity contribution is 7.89. The van der Waals surface area contributed by atoms with E-state index in [1.807, 2.05) is 50.0 Å². The van der Waals surface area contributed by atoms with Crippen molar-refractivity contribution in [1.82, 2.24) is 9.79 Å². The third kappa shape index (κ3) is 5.59. The minimum Gasteiger partial charge on any atom is -0.320 e. The van der Waals surface area contributed by atoms with Gasteiger partial charge in [-0.15, -0.1) is 0 Å². The van der Waals surface area contributed by atoms with E-state index in [-0.39, 0.29) is 23.6 Å². The minimum absolute atomic E-state index is 0.0189. The molecule has 0 bridgehead atoms. The van der Waals surface area contributed by atoms with Crippen molar-refractivity contribution < 1.29 is 22.5 Å². The van der Waals surface area contributed by atoms with Crippen molar-refractivity contribution in [2.45, 2.75) is 43.5 Å². The summed E-state index contributed by atoms with van der Waals surface area (Å²) in [5, 5.41) is 0. The van der Waals surface area contributed by atoms with E-state index in [4.69, 9.17) is 4.53 Å². The van der Waals surface area contributed by atoms with E-state index in [9.17, 15) is 18.0 Å². The number of hydrogen-bond donors (Lipinski definition) is 1. The highest BCUT2D eigenvalue weighted by Crippen LogP contribution is 2.29. The Kier molecular flexibility index (Phi) is 7.04. The molecule has 1 aliphatic rings. The molecule has 9 heteroatoms. The van der Waals surface area contributed by atoms with E-state index in [0.717, 1.165) is 11.1 Å². The van der Waals surface area contributed by atoms with E-state index in [1.165, 1.54) is 28.6 Å². The number of carbonyl (C=O) groups is 2. The molecule has 0 aromatic heterocycles. The van der Waals surface area contributed by atoms with Crippen molar-refractivity contribution in [1.29, 1.82) is 0 Å². The molecular weight excluding hydrogens is 480 g/mol. The number of fused-ring (bicyclic) bond motifs is 1. The van der Waals surface area contributed by atoms with Gasteiger partial charge in [0.15, 0.2) is 5.78 Å². The van der Waals surface area contributed by atoms with Gasteiger partial charge in [0.2, 0.25) is 18.3 Å². The van der Waals surface area contributed by atoms with E-state index < -0.39 is 30.3 Å². The molecule has 35 heavy (non-hydrogen) atoms. The Balaban J connectivity index is 1.64. The van der Waals surface area contributed by atoms with Crippen molar-refractivity contribution in [2.24, 2.45) is 0 Å². The summed E-state index contributed by atoms with van der Waals surface area (Å²) in [6.07, 6.45) is 0.237. The minimum atomic E-state index is -4.04. The second-order valence-corrected chi connectivity index (χ2v) is 15.8. The average Bonchev–Trinajstić information content (AvgIpc) is 2.86. The Labute approximate surface area is 206 Å². The Morgan fingerprint density at radius 2 is 1.43 bits per heavy atom. The van der Waals surface area contributed by atoms with E-state index in [1.54, 1.807) is 24.3 Å². The Morgan fingerprint density at radius 1 is 0.857 bits per heavy atom. The van der Waals surface area contributed by atoms with Crippen molar-refractivity contribution in [3.05, 3.63) is 101 Å². The van der Waals surface area contributed by atoms with Gasteiger partial charge in [0, 0.05) is 17.7 Å². The number of carbonyl (C=O) groups excluding carboxylic acids is 2. The summed E-state index contributed by atoms with van der Waals surface area (Å²) in [6, 6.07) is 21.2. The molecule has 3 aromatic carbocycles. The third-order valence-corrected chi connectivity index (χ3v) is 8.31. The molecule has 0 unspecified atom stereocenters. The van der Waals surface area contributed by atoms with Crippen molar-refractivity contribution >= 4 is 30.0 Å². The molecule has 1 aliphatic heterocycles. The first-order chi connectivity index (χ1) is 16.6. The zero-order valence-electron chi connectivity index (χ0n) is 19.9. The van der Waals surface area contributed by atoms with Crippen LogP contribution >= 0.6 is 0 Å². The molecule has 1 amide bonds. The molecule has 0 radical (unpaired) electrons. The van der Waals surface area contributed by atoms with E-state index in [2.05, 4.69) is 5.48 Å². The number of hydrogen-bond acceptors (Lipinski definition) is 5. The predicted octanol–water partition coefficient (Wildman–Crippen LogP) is 3.92. The van der Waals surface area contributed by atoms with Crippen LogP contribution in [0.25, 0.3) is 0 Å². The summed E-state index contributed by atoms with van der Waals surface area (Å²) in [5.74, 6) is -0.691. The van der Waals surface area contributed by atoms with Gasteiger partial charge < -0.3 is 4.53 Å². The topological polar surface area (TPSA) is 92.8 Å². The highest BCUT2D eigenvalue weighted by Gasteiger charge is 2.40. The number of amides is 1. The summed E-state index contributed by atoms with van der Waals surface area (Å²) in [6.45, 7) is 5.84. The number of sulfonamides is 1. The van der Waals surface area contributed by atoms with Crippen molar-refractivity contribution in [3.8, 4) is 0 Å². The standard InChI is InChI=1S/C26H28N2O5SSi/c1-35(2,3)33-27-26(30)24-17-21-11-7-8-12-22(21)18-28(24)34(31,32)23-15-13-20(14-16-23)25(29)19-9-5-4-6-10-19/h4-16,24H,17-18H2,1-3H3,(H,27,30)/t24-/m1/s1. The number of benzene rings is 3. The Bertz CT molecular complexity index is 1340. The van der Waals surface area contributed by atoms with Crippen LogP contribution in [0.4, 0.5) is 0 Å². The van der Waals surface area contributed by atoms with Crippen LogP contribution in [0.2, 0.25) is 19.6 Å². The number of rotatable bonds is 7. The lowest BCUT2D eigenvalue weighted by Crippen LogP contribution is -2.53. The molecule has 0 saturated carbocycles. The fraction of sp³-hybridized carbons (Fsp3) is 0.231. The molecule has 3 aromatic rings. The fourth-order valence-corrected chi connectivity index (χ4v) is 5.89.